The van der Waals surface area contributed by atoms with Crippen LogP contribution in [0.2, 0.25) is 0 Å². The third-order valence-electron chi connectivity index (χ3n) is 4.79. The van der Waals surface area contributed by atoms with Crippen molar-refractivity contribution in [1.29, 1.82) is 0 Å². The highest BCUT2D eigenvalue weighted by molar-refractivity contribution is 7.88. The molecule has 0 radical (unpaired) electrons. The van der Waals surface area contributed by atoms with Gasteiger partial charge in [0.25, 0.3) is 0 Å². The van der Waals surface area contributed by atoms with Gasteiger partial charge < -0.3 is 19.7 Å². The van der Waals surface area contributed by atoms with Crippen LogP contribution in [0, 0.1) is 0 Å². The Balaban J connectivity index is 1.50. The molecular formula is C25H26N2O5S. The molecule has 3 N–H and O–H groups in total. The molecule has 0 aliphatic carbocycles. The van der Waals surface area contributed by atoms with E-state index in [0.717, 1.165) is 22.3 Å². The summed E-state index contributed by atoms with van der Waals surface area (Å²) in [6.07, 6.45) is -0.382. The van der Waals surface area contributed by atoms with E-state index >= 15 is 0 Å². The van der Waals surface area contributed by atoms with E-state index in [0.29, 0.717) is 0 Å². The average molecular weight is 467 g/mol. The first kappa shape index (κ1) is 24.3. The molecule has 0 saturated heterocycles. The molecular weight excluding hydrogens is 440 g/mol. The van der Waals surface area contributed by atoms with Crippen molar-refractivity contribution in [3.05, 3.63) is 107 Å². The SMILES string of the molecule is O=C(NCc1cccc(C[C@@H](N[S+]([O-])Cc2ccccc2)C(=O)O)c1)OCc1ccccc1. The lowest BCUT2D eigenvalue weighted by Crippen LogP contribution is -2.42. The Bertz CT molecular complexity index is 1030. The summed E-state index contributed by atoms with van der Waals surface area (Å²) in [5, 5.41) is 12.3. The van der Waals surface area contributed by atoms with E-state index in [1.165, 1.54) is 0 Å². The monoisotopic (exact) mass is 466 g/mol. The molecule has 2 atom stereocenters. The Morgan fingerprint density at radius 3 is 2.15 bits per heavy atom. The first-order chi connectivity index (χ1) is 16.0. The van der Waals surface area contributed by atoms with Crippen LogP contribution >= 0.6 is 0 Å². The maximum Gasteiger partial charge on any atom is 0.407 e. The summed E-state index contributed by atoms with van der Waals surface area (Å²) >= 11 is -1.53. The molecule has 0 spiro atoms. The molecule has 0 aromatic heterocycles. The van der Waals surface area contributed by atoms with Gasteiger partial charge in [0.05, 0.1) is 0 Å². The van der Waals surface area contributed by atoms with Crippen LogP contribution in [-0.2, 0) is 46.2 Å². The third kappa shape index (κ3) is 8.61. The predicted octanol–water partition coefficient (Wildman–Crippen LogP) is 3.56. The number of hydrogen-bond acceptors (Lipinski definition) is 5. The minimum absolute atomic E-state index is 0.155. The van der Waals surface area contributed by atoms with Crippen molar-refractivity contribution in [1.82, 2.24) is 10.0 Å². The Hall–Kier alpha value is -3.33. The largest absolute Gasteiger partial charge is 0.598 e. The fraction of sp³-hybridized carbons (Fsp3) is 0.200. The summed E-state index contributed by atoms with van der Waals surface area (Å²) < 4.78 is 20.3. The van der Waals surface area contributed by atoms with E-state index in [2.05, 4.69) is 10.0 Å². The fourth-order valence-electron chi connectivity index (χ4n) is 3.16. The number of alkyl carbamates (subject to hydrolysis) is 1. The van der Waals surface area contributed by atoms with Crippen molar-refractivity contribution >= 4 is 23.4 Å². The lowest BCUT2D eigenvalue weighted by Gasteiger charge is -2.17. The predicted molar refractivity (Wildman–Crippen MR) is 126 cm³/mol. The summed E-state index contributed by atoms with van der Waals surface area (Å²) in [7, 11) is 0. The number of ether oxygens (including phenoxy) is 1. The number of carboxylic acid groups (broad SMARTS) is 1. The Kier molecular flexibility index (Phi) is 9.31. The van der Waals surface area contributed by atoms with Gasteiger partial charge in [0.2, 0.25) is 0 Å². The highest BCUT2D eigenvalue weighted by atomic mass is 32.2. The Morgan fingerprint density at radius 1 is 0.879 bits per heavy atom. The first-order valence-electron chi connectivity index (χ1n) is 10.4. The lowest BCUT2D eigenvalue weighted by molar-refractivity contribution is -0.138. The second kappa shape index (κ2) is 12.6. The van der Waals surface area contributed by atoms with E-state index in [4.69, 9.17) is 4.74 Å². The number of aliphatic carboxylic acids is 1. The molecule has 172 valence electrons. The molecule has 0 aliphatic heterocycles. The van der Waals surface area contributed by atoms with Crippen LogP contribution < -0.4 is 10.0 Å². The second-order valence-electron chi connectivity index (χ2n) is 7.42. The van der Waals surface area contributed by atoms with Crippen LogP contribution in [0.4, 0.5) is 4.79 Å². The van der Waals surface area contributed by atoms with E-state index < -0.39 is 29.5 Å². The van der Waals surface area contributed by atoms with Gasteiger partial charge in [-0.2, -0.15) is 0 Å². The van der Waals surface area contributed by atoms with Crippen molar-refractivity contribution in [2.24, 2.45) is 0 Å². The number of hydrogen-bond donors (Lipinski definition) is 3. The zero-order chi connectivity index (χ0) is 23.5. The van der Waals surface area contributed by atoms with E-state index in [1.807, 2.05) is 72.8 Å². The molecule has 3 rings (SSSR count). The fourth-order valence-corrected chi connectivity index (χ4v) is 4.24. The highest BCUT2D eigenvalue weighted by Crippen LogP contribution is 2.11. The average Bonchev–Trinajstić information content (AvgIpc) is 2.82. The molecule has 0 heterocycles. The van der Waals surface area contributed by atoms with Crippen LogP contribution in [0.5, 0.6) is 0 Å². The van der Waals surface area contributed by atoms with Crippen LogP contribution in [-0.4, -0.2) is 27.8 Å². The number of carbonyl (C=O) groups is 2. The molecule has 7 nitrogen and oxygen atoms in total. The van der Waals surface area contributed by atoms with Gasteiger partial charge in [-0.1, -0.05) is 84.9 Å². The van der Waals surface area contributed by atoms with E-state index in [1.54, 1.807) is 12.1 Å². The van der Waals surface area contributed by atoms with Crippen LogP contribution in [0.25, 0.3) is 0 Å². The Labute approximate surface area is 196 Å². The number of nitrogens with one attached hydrogen (secondary N) is 2. The lowest BCUT2D eigenvalue weighted by atomic mass is 10.0. The number of carbonyl (C=O) groups excluding carboxylic acids is 1. The van der Waals surface area contributed by atoms with Gasteiger partial charge in [0, 0.05) is 29.9 Å². The van der Waals surface area contributed by atoms with Gasteiger partial charge in [0.15, 0.2) is 11.8 Å². The zero-order valence-electron chi connectivity index (χ0n) is 18.0. The van der Waals surface area contributed by atoms with Gasteiger partial charge in [-0.15, -0.1) is 4.72 Å². The smallest absolute Gasteiger partial charge is 0.407 e. The maximum atomic E-state index is 12.4. The standard InChI is InChI=1S/C25H26N2O5S/c28-24(29)23(27-33(31)18-20-10-5-2-6-11-20)15-21-12-7-13-22(14-21)16-26-25(30)32-17-19-8-3-1-4-9-19/h1-14,23,27H,15-18H2,(H,26,30)(H,28,29)/t23-,33?/m1/s1. The molecule has 3 aromatic carbocycles. The van der Waals surface area contributed by atoms with Crippen molar-refractivity contribution < 1.29 is 24.0 Å². The molecule has 0 aliphatic rings. The molecule has 1 amide bonds. The van der Waals surface area contributed by atoms with Gasteiger partial charge >= 0.3 is 12.1 Å². The van der Waals surface area contributed by atoms with E-state index in [9.17, 15) is 19.2 Å². The van der Waals surface area contributed by atoms with Crippen LogP contribution in [0.1, 0.15) is 22.3 Å². The van der Waals surface area contributed by atoms with Crippen molar-refractivity contribution in [2.75, 3.05) is 0 Å². The van der Waals surface area contributed by atoms with Gasteiger partial charge in [-0.25, -0.2) is 4.79 Å². The number of carboxylic acids is 1. The quantitative estimate of drug-likeness (QED) is 0.373. The normalized spacial score (nSPS) is 12.5. The molecule has 0 bridgehead atoms. The summed E-state index contributed by atoms with van der Waals surface area (Å²) in [4.78, 5) is 23.7. The van der Waals surface area contributed by atoms with Crippen molar-refractivity contribution in [2.45, 2.75) is 31.4 Å². The number of benzene rings is 3. The number of rotatable bonds is 11. The Morgan fingerprint density at radius 2 is 1.48 bits per heavy atom. The summed E-state index contributed by atoms with van der Waals surface area (Å²) in [5.41, 5.74) is 3.31. The van der Waals surface area contributed by atoms with Crippen LogP contribution in [0.3, 0.4) is 0 Å². The zero-order valence-corrected chi connectivity index (χ0v) is 18.8. The minimum Gasteiger partial charge on any atom is -0.598 e. The summed E-state index contributed by atoms with van der Waals surface area (Å²) in [5.74, 6) is -0.857. The number of amides is 1. The molecule has 3 aromatic rings. The van der Waals surface area contributed by atoms with Crippen molar-refractivity contribution in [3.8, 4) is 0 Å². The second-order valence-corrected chi connectivity index (χ2v) is 8.64. The van der Waals surface area contributed by atoms with Gasteiger partial charge in [-0.05, 0) is 16.7 Å². The maximum absolute atomic E-state index is 12.4. The van der Waals surface area contributed by atoms with Crippen molar-refractivity contribution in [3.63, 3.8) is 0 Å². The molecule has 33 heavy (non-hydrogen) atoms. The molecule has 0 fully saturated rings. The summed E-state index contributed by atoms with van der Waals surface area (Å²) in [6, 6.07) is 24.9. The highest BCUT2D eigenvalue weighted by Gasteiger charge is 2.24. The molecule has 0 saturated carbocycles. The summed E-state index contributed by atoms with van der Waals surface area (Å²) in [6.45, 7) is 0.422. The van der Waals surface area contributed by atoms with E-state index in [-0.39, 0.29) is 25.3 Å². The molecule has 8 heteroatoms. The first-order valence-corrected chi connectivity index (χ1v) is 11.7. The third-order valence-corrected chi connectivity index (χ3v) is 5.94. The topological polar surface area (TPSA) is 111 Å². The van der Waals surface area contributed by atoms with Gasteiger partial charge in [-0.3, -0.25) is 4.79 Å². The molecule has 1 unspecified atom stereocenters. The van der Waals surface area contributed by atoms with Crippen LogP contribution in [0.15, 0.2) is 84.9 Å². The van der Waals surface area contributed by atoms with Gasteiger partial charge in [0.1, 0.15) is 6.61 Å². The minimum atomic E-state index is -1.53.